The van der Waals surface area contributed by atoms with E-state index in [0.717, 1.165) is 42.3 Å². The number of carbonyl (C=O) groups is 1. The average Bonchev–Trinajstić information content (AvgIpc) is 2.77. The standard InChI is InChI=1S/C25H36N6O/c1-16(2)27-25(32)26-14-21-12-19-10-11-31(21)15-22(19)24-13-23(28-17(3)29-24)18-6-8-20(9-7-18)30(4)5/h6-9,13,16,19,21-22H,10-12,14-15H2,1-5H3,(H2,26,27,32). The van der Waals surface area contributed by atoms with Crippen molar-refractivity contribution in [2.45, 2.75) is 51.6 Å². The summed E-state index contributed by atoms with van der Waals surface area (Å²) in [6.07, 6.45) is 2.29. The molecule has 3 saturated heterocycles. The van der Waals surface area contributed by atoms with Crippen LogP contribution in [-0.2, 0) is 0 Å². The van der Waals surface area contributed by atoms with Gasteiger partial charge >= 0.3 is 6.03 Å². The Labute approximate surface area is 191 Å². The summed E-state index contributed by atoms with van der Waals surface area (Å²) < 4.78 is 0. The second-order valence-corrected chi connectivity index (χ2v) is 9.72. The number of piperidine rings is 3. The maximum Gasteiger partial charge on any atom is 0.315 e. The van der Waals surface area contributed by atoms with Crippen molar-refractivity contribution >= 4 is 11.7 Å². The van der Waals surface area contributed by atoms with Crippen LogP contribution in [0.2, 0.25) is 0 Å². The molecule has 172 valence electrons. The summed E-state index contributed by atoms with van der Waals surface area (Å²) in [6.45, 7) is 8.74. The first kappa shape index (κ1) is 22.5. The van der Waals surface area contributed by atoms with Gasteiger partial charge in [-0.3, -0.25) is 4.90 Å². The lowest BCUT2D eigenvalue weighted by atomic mass is 9.74. The molecule has 5 rings (SSSR count). The number of anilines is 1. The minimum Gasteiger partial charge on any atom is -0.378 e. The molecule has 2 N–H and O–H groups in total. The van der Waals surface area contributed by atoms with Crippen LogP contribution in [0.25, 0.3) is 11.3 Å². The number of urea groups is 1. The van der Waals surface area contributed by atoms with Gasteiger partial charge in [0.2, 0.25) is 0 Å². The van der Waals surface area contributed by atoms with Gasteiger partial charge in [-0.2, -0.15) is 0 Å². The number of fused-ring (bicyclic) bond motifs is 3. The van der Waals surface area contributed by atoms with E-state index in [-0.39, 0.29) is 12.1 Å². The number of nitrogens with zero attached hydrogens (tertiary/aromatic N) is 4. The lowest BCUT2D eigenvalue weighted by molar-refractivity contribution is 0.0304. The molecule has 7 nitrogen and oxygen atoms in total. The summed E-state index contributed by atoms with van der Waals surface area (Å²) in [5.41, 5.74) is 4.46. The van der Waals surface area contributed by atoms with Gasteiger partial charge in [0.25, 0.3) is 0 Å². The molecule has 4 unspecified atom stereocenters. The van der Waals surface area contributed by atoms with Gasteiger partial charge in [0, 0.05) is 62.1 Å². The molecule has 3 aliphatic heterocycles. The first-order valence-corrected chi connectivity index (χ1v) is 11.7. The van der Waals surface area contributed by atoms with Gasteiger partial charge in [-0.15, -0.1) is 0 Å². The third-order valence-electron chi connectivity index (χ3n) is 6.71. The lowest BCUT2D eigenvalue weighted by Crippen LogP contribution is -2.57. The highest BCUT2D eigenvalue weighted by molar-refractivity contribution is 5.74. The number of rotatable bonds is 6. The first-order chi connectivity index (χ1) is 15.3. The fourth-order valence-electron chi connectivity index (χ4n) is 5.07. The van der Waals surface area contributed by atoms with E-state index in [9.17, 15) is 4.79 Å². The summed E-state index contributed by atoms with van der Waals surface area (Å²) in [6, 6.07) is 11.2. The molecule has 32 heavy (non-hydrogen) atoms. The molecule has 2 aromatic rings. The Hall–Kier alpha value is -2.67. The molecule has 2 amide bonds. The molecule has 3 fully saturated rings. The van der Waals surface area contributed by atoms with Crippen molar-refractivity contribution in [2.24, 2.45) is 5.92 Å². The Balaban J connectivity index is 1.46. The molecule has 4 atom stereocenters. The molecule has 1 aromatic carbocycles. The zero-order chi connectivity index (χ0) is 22.8. The van der Waals surface area contributed by atoms with E-state index in [1.165, 1.54) is 12.1 Å². The number of aromatic nitrogens is 2. The van der Waals surface area contributed by atoms with E-state index in [0.29, 0.717) is 24.4 Å². The van der Waals surface area contributed by atoms with Crippen molar-refractivity contribution in [1.29, 1.82) is 0 Å². The highest BCUT2D eigenvalue weighted by atomic mass is 16.2. The molecule has 0 aliphatic carbocycles. The Kier molecular flexibility index (Phi) is 6.65. The molecular formula is C25H36N6O. The van der Waals surface area contributed by atoms with Gasteiger partial charge in [0.15, 0.2) is 0 Å². The third kappa shape index (κ3) is 5.04. The number of aryl methyl sites for hydroxylation is 1. The molecular weight excluding hydrogens is 400 g/mol. The molecule has 4 heterocycles. The molecule has 3 aliphatic rings. The summed E-state index contributed by atoms with van der Waals surface area (Å²) in [4.78, 5) is 26.2. The van der Waals surface area contributed by atoms with E-state index in [4.69, 9.17) is 9.97 Å². The van der Waals surface area contributed by atoms with Gasteiger partial charge in [0.05, 0.1) is 5.69 Å². The van der Waals surface area contributed by atoms with E-state index in [2.05, 4.69) is 64.9 Å². The Morgan fingerprint density at radius 2 is 1.97 bits per heavy atom. The smallest absolute Gasteiger partial charge is 0.315 e. The first-order valence-electron chi connectivity index (χ1n) is 11.7. The fraction of sp³-hybridized carbons (Fsp3) is 0.560. The van der Waals surface area contributed by atoms with Crippen LogP contribution >= 0.6 is 0 Å². The van der Waals surface area contributed by atoms with Crippen LogP contribution in [0.5, 0.6) is 0 Å². The normalized spacial score (nSPS) is 24.4. The van der Waals surface area contributed by atoms with Crippen molar-refractivity contribution in [3.63, 3.8) is 0 Å². The maximum absolute atomic E-state index is 12.0. The SMILES string of the molecule is Cc1nc(-c2ccc(N(C)C)cc2)cc(C2CN3CCC2CC3CNC(=O)NC(C)C)n1. The number of hydrogen-bond donors (Lipinski definition) is 2. The topological polar surface area (TPSA) is 73.4 Å². The van der Waals surface area contributed by atoms with Crippen molar-refractivity contribution in [2.75, 3.05) is 38.6 Å². The molecule has 0 saturated carbocycles. The number of benzene rings is 1. The number of hydrogen-bond acceptors (Lipinski definition) is 5. The Bertz CT molecular complexity index is 942. The minimum absolute atomic E-state index is 0.0736. The lowest BCUT2D eigenvalue weighted by Gasteiger charge is -2.49. The maximum atomic E-state index is 12.0. The van der Waals surface area contributed by atoms with E-state index < -0.39 is 0 Å². The summed E-state index contributed by atoms with van der Waals surface area (Å²) in [5.74, 6) is 1.85. The van der Waals surface area contributed by atoms with Crippen LogP contribution in [0, 0.1) is 12.8 Å². The van der Waals surface area contributed by atoms with Crippen molar-refractivity contribution in [3.8, 4) is 11.3 Å². The van der Waals surface area contributed by atoms with E-state index in [1.54, 1.807) is 0 Å². The number of nitrogens with one attached hydrogen (secondary N) is 2. The third-order valence-corrected chi connectivity index (χ3v) is 6.71. The monoisotopic (exact) mass is 436 g/mol. The average molecular weight is 437 g/mol. The minimum atomic E-state index is -0.0736. The molecule has 2 bridgehead atoms. The second kappa shape index (κ2) is 9.45. The molecule has 0 spiro atoms. The highest BCUT2D eigenvalue weighted by Gasteiger charge is 2.41. The summed E-state index contributed by atoms with van der Waals surface area (Å²) in [7, 11) is 4.10. The Morgan fingerprint density at radius 3 is 2.59 bits per heavy atom. The van der Waals surface area contributed by atoms with Crippen molar-refractivity contribution in [3.05, 3.63) is 41.9 Å². The predicted molar refractivity (Wildman–Crippen MR) is 129 cm³/mol. The largest absolute Gasteiger partial charge is 0.378 e. The van der Waals surface area contributed by atoms with Crippen molar-refractivity contribution in [1.82, 2.24) is 25.5 Å². The van der Waals surface area contributed by atoms with Gasteiger partial charge in [0.1, 0.15) is 5.82 Å². The quantitative estimate of drug-likeness (QED) is 0.726. The van der Waals surface area contributed by atoms with Crippen LogP contribution < -0.4 is 15.5 Å². The van der Waals surface area contributed by atoms with Crippen LogP contribution in [0.3, 0.4) is 0 Å². The summed E-state index contributed by atoms with van der Waals surface area (Å²) in [5, 5.41) is 5.96. The zero-order valence-corrected chi connectivity index (χ0v) is 19.9. The van der Waals surface area contributed by atoms with E-state index >= 15 is 0 Å². The van der Waals surface area contributed by atoms with Gasteiger partial charge in [-0.25, -0.2) is 14.8 Å². The highest BCUT2D eigenvalue weighted by Crippen LogP contribution is 2.41. The number of carbonyl (C=O) groups excluding carboxylic acids is 1. The Morgan fingerprint density at radius 1 is 1.22 bits per heavy atom. The molecule has 1 aromatic heterocycles. The van der Waals surface area contributed by atoms with Crippen LogP contribution in [-0.4, -0.2) is 66.7 Å². The van der Waals surface area contributed by atoms with Gasteiger partial charge < -0.3 is 15.5 Å². The molecule has 7 heteroatoms. The predicted octanol–water partition coefficient (Wildman–Crippen LogP) is 3.40. The summed E-state index contributed by atoms with van der Waals surface area (Å²) >= 11 is 0. The molecule has 0 radical (unpaired) electrons. The van der Waals surface area contributed by atoms with Crippen LogP contribution in [0.15, 0.2) is 30.3 Å². The van der Waals surface area contributed by atoms with Crippen LogP contribution in [0.1, 0.15) is 44.1 Å². The van der Waals surface area contributed by atoms with Gasteiger partial charge in [-0.05, 0) is 64.3 Å². The fourth-order valence-corrected chi connectivity index (χ4v) is 5.07. The second-order valence-electron chi connectivity index (χ2n) is 9.72. The zero-order valence-electron chi connectivity index (χ0n) is 19.9. The van der Waals surface area contributed by atoms with E-state index in [1.807, 2.05) is 20.8 Å². The van der Waals surface area contributed by atoms with Crippen LogP contribution in [0.4, 0.5) is 10.5 Å². The van der Waals surface area contributed by atoms with Crippen molar-refractivity contribution < 1.29 is 4.79 Å². The number of amides is 2. The van der Waals surface area contributed by atoms with Gasteiger partial charge in [-0.1, -0.05) is 12.1 Å².